The van der Waals surface area contributed by atoms with E-state index in [1.54, 1.807) is 10.7 Å². The molecule has 2 aromatic rings. The molecule has 0 bridgehead atoms. The van der Waals surface area contributed by atoms with Crippen LogP contribution in [0.4, 0.5) is 4.39 Å². The first-order valence-electron chi connectivity index (χ1n) is 4.43. The topological polar surface area (TPSA) is 17.8 Å². The van der Waals surface area contributed by atoms with Crippen LogP contribution in [0, 0.1) is 12.7 Å². The fourth-order valence-corrected chi connectivity index (χ4v) is 1.35. The highest BCUT2D eigenvalue weighted by atomic mass is 19.1. The van der Waals surface area contributed by atoms with Gasteiger partial charge in [0.2, 0.25) is 0 Å². The van der Waals surface area contributed by atoms with Crippen molar-refractivity contribution in [2.75, 3.05) is 0 Å². The minimum absolute atomic E-state index is 0.231. The Hall–Kier alpha value is -1.64. The minimum Gasteiger partial charge on any atom is -0.272 e. The lowest BCUT2D eigenvalue weighted by atomic mass is 10.1. The molecule has 0 spiro atoms. The van der Waals surface area contributed by atoms with Gasteiger partial charge in [-0.15, -0.1) is 0 Å². The molecule has 0 saturated heterocycles. The van der Waals surface area contributed by atoms with Gasteiger partial charge in [0.1, 0.15) is 5.82 Å². The SMILES string of the molecule is Cc1cc(-c2cccc(F)c2)nn1C. The first-order valence-corrected chi connectivity index (χ1v) is 4.43. The monoisotopic (exact) mass is 190 g/mol. The predicted molar refractivity (Wildman–Crippen MR) is 53.3 cm³/mol. The maximum Gasteiger partial charge on any atom is 0.123 e. The molecule has 2 rings (SSSR count). The van der Waals surface area contributed by atoms with Crippen LogP contribution in [0.5, 0.6) is 0 Å². The Morgan fingerprint density at radius 1 is 1.29 bits per heavy atom. The fourth-order valence-electron chi connectivity index (χ4n) is 1.35. The summed E-state index contributed by atoms with van der Waals surface area (Å²) in [5.41, 5.74) is 2.68. The molecular formula is C11H11FN2. The van der Waals surface area contributed by atoms with Gasteiger partial charge in [-0.1, -0.05) is 12.1 Å². The molecule has 0 radical (unpaired) electrons. The van der Waals surface area contributed by atoms with E-state index < -0.39 is 0 Å². The highest BCUT2D eigenvalue weighted by Gasteiger charge is 2.04. The molecule has 1 heterocycles. The van der Waals surface area contributed by atoms with Gasteiger partial charge >= 0.3 is 0 Å². The van der Waals surface area contributed by atoms with Crippen molar-refractivity contribution in [1.82, 2.24) is 9.78 Å². The second kappa shape index (κ2) is 3.25. The van der Waals surface area contributed by atoms with E-state index in [0.29, 0.717) is 0 Å². The summed E-state index contributed by atoms with van der Waals surface area (Å²) in [6, 6.07) is 8.40. The number of halogens is 1. The van der Waals surface area contributed by atoms with Crippen LogP contribution in [0.3, 0.4) is 0 Å². The molecule has 2 nitrogen and oxygen atoms in total. The predicted octanol–water partition coefficient (Wildman–Crippen LogP) is 2.53. The quantitative estimate of drug-likeness (QED) is 0.675. The van der Waals surface area contributed by atoms with Crippen LogP contribution in [0.15, 0.2) is 30.3 Å². The lowest BCUT2D eigenvalue weighted by Crippen LogP contribution is -1.92. The van der Waals surface area contributed by atoms with Crippen molar-refractivity contribution in [1.29, 1.82) is 0 Å². The van der Waals surface area contributed by atoms with Gasteiger partial charge in [0.05, 0.1) is 5.69 Å². The molecule has 0 amide bonds. The number of rotatable bonds is 1. The second-order valence-electron chi connectivity index (χ2n) is 3.30. The second-order valence-corrected chi connectivity index (χ2v) is 3.30. The number of aryl methyl sites for hydroxylation is 2. The van der Waals surface area contributed by atoms with Crippen LogP contribution in [0.1, 0.15) is 5.69 Å². The summed E-state index contributed by atoms with van der Waals surface area (Å²) in [6.45, 7) is 1.97. The summed E-state index contributed by atoms with van der Waals surface area (Å²) >= 11 is 0. The van der Waals surface area contributed by atoms with E-state index in [1.165, 1.54) is 12.1 Å². The van der Waals surface area contributed by atoms with E-state index >= 15 is 0 Å². The zero-order valence-electron chi connectivity index (χ0n) is 8.16. The summed E-state index contributed by atoms with van der Waals surface area (Å²) in [7, 11) is 1.87. The van der Waals surface area contributed by atoms with Crippen LogP contribution in [-0.4, -0.2) is 9.78 Å². The molecule has 0 atom stereocenters. The van der Waals surface area contributed by atoms with Crippen LogP contribution >= 0.6 is 0 Å². The lowest BCUT2D eigenvalue weighted by molar-refractivity contribution is 0.628. The number of hydrogen-bond acceptors (Lipinski definition) is 1. The average molecular weight is 190 g/mol. The first-order chi connectivity index (χ1) is 6.66. The number of benzene rings is 1. The maximum absolute atomic E-state index is 12.9. The standard InChI is InChI=1S/C11H11FN2/c1-8-6-11(13-14(8)2)9-4-3-5-10(12)7-9/h3-7H,1-2H3. The molecular weight excluding hydrogens is 179 g/mol. The third kappa shape index (κ3) is 1.53. The highest BCUT2D eigenvalue weighted by molar-refractivity contribution is 5.59. The molecule has 72 valence electrons. The van der Waals surface area contributed by atoms with Crippen molar-refractivity contribution >= 4 is 0 Å². The van der Waals surface area contributed by atoms with E-state index in [1.807, 2.05) is 26.1 Å². The van der Waals surface area contributed by atoms with Crippen LogP contribution in [0.2, 0.25) is 0 Å². The van der Waals surface area contributed by atoms with Gasteiger partial charge in [-0.3, -0.25) is 4.68 Å². The maximum atomic E-state index is 12.9. The molecule has 1 aromatic heterocycles. The molecule has 0 aliphatic rings. The van der Waals surface area contributed by atoms with Crippen molar-refractivity contribution in [2.24, 2.45) is 7.05 Å². The number of nitrogens with zero attached hydrogens (tertiary/aromatic N) is 2. The largest absolute Gasteiger partial charge is 0.272 e. The lowest BCUT2D eigenvalue weighted by Gasteiger charge is -1.95. The minimum atomic E-state index is -0.231. The fraction of sp³-hybridized carbons (Fsp3) is 0.182. The molecule has 0 saturated carbocycles. The van der Waals surface area contributed by atoms with Crippen LogP contribution in [-0.2, 0) is 7.05 Å². The smallest absolute Gasteiger partial charge is 0.123 e. The third-order valence-corrected chi connectivity index (χ3v) is 2.23. The summed E-state index contributed by atoms with van der Waals surface area (Å²) < 4.78 is 14.7. The van der Waals surface area contributed by atoms with Crippen LogP contribution in [0.25, 0.3) is 11.3 Å². The molecule has 0 aliphatic carbocycles. The van der Waals surface area contributed by atoms with Gasteiger partial charge in [-0.25, -0.2) is 4.39 Å². The third-order valence-electron chi connectivity index (χ3n) is 2.23. The molecule has 1 aromatic carbocycles. The Morgan fingerprint density at radius 2 is 2.07 bits per heavy atom. The van der Waals surface area contributed by atoms with E-state index in [2.05, 4.69) is 5.10 Å². The van der Waals surface area contributed by atoms with Gasteiger partial charge in [0.15, 0.2) is 0 Å². The average Bonchev–Trinajstić information content (AvgIpc) is 2.47. The molecule has 14 heavy (non-hydrogen) atoms. The van der Waals surface area contributed by atoms with Gasteiger partial charge < -0.3 is 0 Å². The zero-order valence-corrected chi connectivity index (χ0v) is 8.16. The molecule has 3 heteroatoms. The van der Waals surface area contributed by atoms with Crippen molar-refractivity contribution in [3.63, 3.8) is 0 Å². The summed E-state index contributed by atoms with van der Waals surface area (Å²) in [5.74, 6) is -0.231. The van der Waals surface area contributed by atoms with Crippen molar-refractivity contribution < 1.29 is 4.39 Å². The van der Waals surface area contributed by atoms with Crippen LogP contribution < -0.4 is 0 Å². The Bertz CT molecular complexity index is 441. The Balaban J connectivity index is 2.49. The van der Waals surface area contributed by atoms with E-state index in [-0.39, 0.29) is 5.82 Å². The summed E-state index contributed by atoms with van der Waals surface area (Å²) in [5, 5.41) is 4.27. The molecule has 0 aliphatic heterocycles. The molecule has 0 N–H and O–H groups in total. The first kappa shape index (κ1) is 8.94. The number of hydrogen-bond donors (Lipinski definition) is 0. The summed E-state index contributed by atoms with van der Waals surface area (Å²) in [4.78, 5) is 0. The highest BCUT2D eigenvalue weighted by Crippen LogP contribution is 2.18. The van der Waals surface area contributed by atoms with Gasteiger partial charge in [-0.05, 0) is 25.1 Å². The van der Waals surface area contributed by atoms with E-state index in [9.17, 15) is 4.39 Å². The molecule has 0 fully saturated rings. The summed E-state index contributed by atoms with van der Waals surface area (Å²) in [6.07, 6.45) is 0. The normalized spacial score (nSPS) is 10.5. The van der Waals surface area contributed by atoms with E-state index in [0.717, 1.165) is 17.0 Å². The van der Waals surface area contributed by atoms with E-state index in [4.69, 9.17) is 0 Å². The Labute approximate surface area is 82.0 Å². The zero-order chi connectivity index (χ0) is 10.1. The Kier molecular flexibility index (Phi) is 2.08. The van der Waals surface area contributed by atoms with Gasteiger partial charge in [-0.2, -0.15) is 5.10 Å². The van der Waals surface area contributed by atoms with Gasteiger partial charge in [0, 0.05) is 18.3 Å². The van der Waals surface area contributed by atoms with Gasteiger partial charge in [0.25, 0.3) is 0 Å². The Morgan fingerprint density at radius 3 is 2.64 bits per heavy atom. The number of aromatic nitrogens is 2. The van der Waals surface area contributed by atoms with Crippen molar-refractivity contribution in [2.45, 2.75) is 6.92 Å². The van der Waals surface area contributed by atoms with Crippen molar-refractivity contribution in [3.8, 4) is 11.3 Å². The molecule has 0 unspecified atom stereocenters. The van der Waals surface area contributed by atoms with Crippen molar-refractivity contribution in [3.05, 3.63) is 41.8 Å².